The van der Waals surface area contributed by atoms with Crippen molar-refractivity contribution in [2.45, 2.75) is 36.6 Å². The van der Waals surface area contributed by atoms with Gasteiger partial charge in [0.15, 0.2) is 0 Å². The zero-order chi connectivity index (χ0) is 22.3. The van der Waals surface area contributed by atoms with Gasteiger partial charge in [0.1, 0.15) is 36.6 Å². The Labute approximate surface area is 268 Å². The zero-order valence-electron chi connectivity index (χ0n) is 16.8. The first-order chi connectivity index (χ1) is 12.2. The van der Waals surface area contributed by atoms with Crippen molar-refractivity contribution in [2.75, 3.05) is 0 Å². The van der Waals surface area contributed by atoms with Crippen molar-refractivity contribution in [3.8, 4) is 0 Å². The topological polar surface area (TPSA) is 319 Å². The van der Waals surface area contributed by atoms with Gasteiger partial charge < -0.3 is 67.5 Å². The van der Waals surface area contributed by atoms with Crippen molar-refractivity contribution < 1.29 is 204 Å². The standard InChI is InChI=1S/C6H16O18P4.4Na/c7-1-2(8)4(22-26(12,13)14)6(24-28(18,19)20)5(23-27(15,16)17)3(1)21-25(9,10)11;;;;/h1-8H,(H2,9,10,11)(H2,12,13,14)(H2,15,16,17)(H2,18,19,20);;;;/q;4*+1/p-4/t1-,2-,3?,4?,5?,6?;;;;/m1..../s1. The molecule has 18 nitrogen and oxygen atoms in total. The van der Waals surface area contributed by atoms with Gasteiger partial charge >= 0.3 is 134 Å². The molecule has 6 N–H and O–H groups in total. The van der Waals surface area contributed by atoms with Gasteiger partial charge in [-0.2, -0.15) is 0 Å². The molecule has 4 unspecified atom stereocenters. The van der Waals surface area contributed by atoms with E-state index in [1.54, 1.807) is 0 Å². The molecule has 26 heteroatoms. The number of phosphoric ester groups is 4. The molecule has 0 bridgehead atoms. The molecule has 1 aliphatic rings. The van der Waals surface area contributed by atoms with E-state index in [0.717, 1.165) is 0 Å². The normalized spacial score (nSPS) is 28.9. The van der Waals surface area contributed by atoms with Crippen LogP contribution in [0.5, 0.6) is 0 Å². The Bertz CT molecular complexity index is 682. The number of hydrogen-bond acceptors (Lipinski definition) is 14. The van der Waals surface area contributed by atoms with E-state index in [1.807, 2.05) is 0 Å². The first-order valence-electron chi connectivity index (χ1n) is 6.45. The maximum atomic E-state index is 11.1. The summed E-state index contributed by atoms with van der Waals surface area (Å²) < 4.78 is 59.3. The molecule has 32 heavy (non-hydrogen) atoms. The summed E-state index contributed by atoms with van der Waals surface area (Å²) >= 11 is 0. The Morgan fingerprint density at radius 1 is 0.500 bits per heavy atom. The average molecular weight is 588 g/mol. The molecule has 0 saturated heterocycles. The number of aliphatic hydroxyl groups excluding tert-OH is 2. The van der Waals surface area contributed by atoms with E-state index in [9.17, 15) is 48.0 Å². The summed E-state index contributed by atoms with van der Waals surface area (Å²) in [6.45, 7) is 0. The Balaban J connectivity index is -0.000000980. The van der Waals surface area contributed by atoms with Crippen molar-refractivity contribution >= 4 is 31.3 Å². The van der Waals surface area contributed by atoms with Gasteiger partial charge in [-0.05, 0) is 0 Å². The van der Waals surface area contributed by atoms with Crippen LogP contribution < -0.4 is 138 Å². The van der Waals surface area contributed by atoms with E-state index in [0.29, 0.717) is 0 Å². The Hall–Kier alpha value is 4.36. The van der Waals surface area contributed by atoms with E-state index in [4.69, 9.17) is 19.6 Å². The molecule has 168 valence electrons. The van der Waals surface area contributed by atoms with Gasteiger partial charge in [0.05, 0.1) is 15.6 Å². The van der Waals surface area contributed by atoms with Crippen LogP contribution in [0.2, 0.25) is 0 Å². The van der Waals surface area contributed by atoms with Gasteiger partial charge in [-0.15, -0.1) is 0 Å². The van der Waals surface area contributed by atoms with Gasteiger partial charge in [-0.3, -0.25) is 9.05 Å². The second-order valence-corrected chi connectivity index (χ2v) is 9.73. The first-order valence-corrected chi connectivity index (χ1v) is 12.4. The van der Waals surface area contributed by atoms with Crippen molar-refractivity contribution in [1.82, 2.24) is 0 Å². The molecule has 1 fully saturated rings. The number of hydrogen-bond donors (Lipinski definition) is 6. The maximum absolute atomic E-state index is 11.1. The summed E-state index contributed by atoms with van der Waals surface area (Å²) in [6.07, 6.45) is -16.7. The summed E-state index contributed by atoms with van der Waals surface area (Å²) in [5, 5.41) is 19.6. The molecule has 1 rings (SSSR count). The molecule has 0 aliphatic heterocycles. The molecule has 0 spiro atoms. The van der Waals surface area contributed by atoms with Crippen LogP contribution >= 0.6 is 31.3 Å². The van der Waals surface area contributed by atoms with E-state index in [2.05, 4.69) is 18.1 Å². The summed E-state index contributed by atoms with van der Waals surface area (Å²) in [7, 11) is -23.7. The van der Waals surface area contributed by atoms with Crippen molar-refractivity contribution in [2.24, 2.45) is 0 Å². The molecule has 6 atom stereocenters. The molecule has 1 aliphatic carbocycles. The predicted molar refractivity (Wildman–Crippen MR) is 70.8 cm³/mol. The first kappa shape index (κ1) is 43.4. The smallest absolute Gasteiger partial charge is 0.790 e. The minimum absolute atomic E-state index is 0. The third-order valence-electron chi connectivity index (χ3n) is 3.01. The molecule has 0 amide bonds. The largest absolute Gasteiger partial charge is 1.00 e. The fourth-order valence-corrected chi connectivity index (χ4v) is 4.45. The minimum atomic E-state index is -6.11. The second kappa shape index (κ2) is 16.5. The third kappa shape index (κ3) is 16.4. The molecular formula is C6H12Na4O18P4. The minimum Gasteiger partial charge on any atom is -0.790 e. The summed E-state index contributed by atoms with van der Waals surface area (Å²) in [4.78, 5) is 78.7. The molecule has 0 aromatic carbocycles. The fraction of sp³-hybridized carbons (Fsp3) is 1.00. The molecule has 1 saturated carbocycles. The average Bonchev–Trinajstić information content (AvgIpc) is 2.39. The summed E-state index contributed by atoms with van der Waals surface area (Å²) in [5.41, 5.74) is 0. The van der Waals surface area contributed by atoms with Crippen LogP contribution in [-0.2, 0) is 36.4 Å². The van der Waals surface area contributed by atoms with E-state index in [1.165, 1.54) is 0 Å². The Morgan fingerprint density at radius 2 is 0.719 bits per heavy atom. The van der Waals surface area contributed by atoms with Gasteiger partial charge in [0.2, 0.25) is 0 Å². The third-order valence-corrected chi connectivity index (χ3v) is 5.05. The van der Waals surface area contributed by atoms with E-state index >= 15 is 0 Å². The van der Waals surface area contributed by atoms with Gasteiger partial charge in [-0.25, -0.2) is 9.13 Å². The maximum Gasteiger partial charge on any atom is 1.00 e. The van der Waals surface area contributed by atoms with Gasteiger partial charge in [-0.1, -0.05) is 0 Å². The van der Waals surface area contributed by atoms with Crippen LogP contribution in [-0.4, -0.2) is 66.4 Å². The second-order valence-electron chi connectivity index (χ2n) is 5.14. The van der Waals surface area contributed by atoms with Crippen LogP contribution in [0.25, 0.3) is 0 Å². The van der Waals surface area contributed by atoms with E-state index in [-0.39, 0.29) is 118 Å². The quantitative estimate of drug-likeness (QED) is 0.113. The molecule has 0 aromatic heterocycles. The number of aliphatic hydroxyl groups is 2. The molecule has 0 radical (unpaired) electrons. The zero-order valence-corrected chi connectivity index (χ0v) is 28.4. The number of rotatable bonds is 8. The van der Waals surface area contributed by atoms with Crippen LogP contribution in [0.4, 0.5) is 0 Å². The summed E-state index contributed by atoms with van der Waals surface area (Å²) in [6, 6.07) is 0. The molecular weight excluding hydrogens is 576 g/mol. The van der Waals surface area contributed by atoms with Gasteiger partial charge in [0.25, 0.3) is 0 Å². The Kier molecular flexibility index (Phi) is 22.3. The van der Waals surface area contributed by atoms with E-state index < -0.39 is 67.9 Å². The predicted octanol–water partition coefficient (Wildman–Crippen LogP) is -17.9. The molecule has 0 heterocycles. The monoisotopic (exact) mass is 588 g/mol. The molecule has 0 aromatic rings. The fourth-order valence-electron chi connectivity index (χ4n) is 2.25. The van der Waals surface area contributed by atoms with Crippen LogP contribution in [0, 0.1) is 0 Å². The van der Waals surface area contributed by atoms with Crippen molar-refractivity contribution in [3.63, 3.8) is 0 Å². The van der Waals surface area contributed by atoms with Gasteiger partial charge in [0, 0.05) is 0 Å². The van der Waals surface area contributed by atoms with Crippen LogP contribution in [0.3, 0.4) is 0 Å². The van der Waals surface area contributed by atoms with Crippen LogP contribution in [0.1, 0.15) is 0 Å². The summed E-state index contributed by atoms with van der Waals surface area (Å²) in [5.74, 6) is 0. The van der Waals surface area contributed by atoms with Crippen molar-refractivity contribution in [1.29, 1.82) is 0 Å². The number of phosphoric acid groups is 4. The van der Waals surface area contributed by atoms with Crippen molar-refractivity contribution in [3.05, 3.63) is 0 Å². The SMILES string of the molecule is O=P([O-])([O-])OC1C(OP(=O)(O)O)C(OP(=O)(O)O)C(OP(=O)([O-])[O-])[C@H](O)[C@H]1O.[Na+].[Na+].[Na+].[Na+]. The van der Waals surface area contributed by atoms with Crippen LogP contribution in [0.15, 0.2) is 0 Å². The Morgan fingerprint density at radius 3 is 0.875 bits per heavy atom.